The predicted molar refractivity (Wildman–Crippen MR) is 112 cm³/mol. The molecule has 1 fully saturated rings. The first-order valence-corrected chi connectivity index (χ1v) is 9.94. The van der Waals surface area contributed by atoms with Crippen molar-refractivity contribution in [1.82, 2.24) is 9.55 Å². The number of aromatic nitrogens is 2. The summed E-state index contributed by atoms with van der Waals surface area (Å²) in [6.07, 6.45) is 0.849. The minimum atomic E-state index is -0.977. The van der Waals surface area contributed by atoms with Crippen LogP contribution in [0.1, 0.15) is 56.5 Å². The first kappa shape index (κ1) is 20.1. The molecule has 4 rings (SSSR count). The van der Waals surface area contributed by atoms with Crippen LogP contribution in [0.25, 0.3) is 16.6 Å². The van der Waals surface area contributed by atoms with Gasteiger partial charge in [-0.05, 0) is 53.5 Å². The maximum Gasteiger partial charge on any atom is 0.404 e. The van der Waals surface area contributed by atoms with Gasteiger partial charge in [0.15, 0.2) is 12.4 Å². The summed E-state index contributed by atoms with van der Waals surface area (Å²) in [5.41, 5.74) is 6.49. The Bertz CT molecular complexity index is 1190. The molecule has 1 amide bonds. The fourth-order valence-corrected chi connectivity index (χ4v) is 3.83. The smallest absolute Gasteiger partial charge is 0.404 e. The van der Waals surface area contributed by atoms with Crippen LogP contribution in [0.4, 0.5) is 9.18 Å². The number of halogens is 1. The maximum absolute atomic E-state index is 15.8. The summed E-state index contributed by atoms with van der Waals surface area (Å²) >= 11 is 0. The third-order valence-electron chi connectivity index (χ3n) is 5.36. The Morgan fingerprint density at radius 3 is 2.50 bits per heavy atom. The van der Waals surface area contributed by atoms with E-state index in [1.165, 1.54) is 4.57 Å². The molecular formula is C23H24FN3O3. The number of rotatable bonds is 4. The number of fused-ring (bicyclic) bond motifs is 1. The fourth-order valence-electron chi connectivity index (χ4n) is 3.83. The number of amides is 1. The number of para-hydroxylation sites is 1. The molecule has 6 nitrogen and oxygen atoms in total. The van der Waals surface area contributed by atoms with Crippen LogP contribution in [-0.4, -0.2) is 15.6 Å². The molecular weight excluding hydrogens is 385 g/mol. The van der Waals surface area contributed by atoms with Gasteiger partial charge in [0.25, 0.3) is 5.56 Å². The van der Waals surface area contributed by atoms with E-state index < -0.39 is 17.5 Å². The van der Waals surface area contributed by atoms with Crippen LogP contribution in [0.5, 0.6) is 0 Å². The predicted octanol–water partition coefficient (Wildman–Crippen LogP) is 4.30. The lowest BCUT2D eigenvalue weighted by molar-refractivity contribution is 0.146. The van der Waals surface area contributed by atoms with Crippen LogP contribution in [0.2, 0.25) is 0 Å². The summed E-state index contributed by atoms with van der Waals surface area (Å²) < 4.78 is 22.0. The lowest BCUT2D eigenvalue weighted by atomic mass is 9.81. The summed E-state index contributed by atoms with van der Waals surface area (Å²) in [5.74, 6) is -0.188. The molecule has 1 saturated carbocycles. The van der Waals surface area contributed by atoms with E-state index in [0.29, 0.717) is 11.3 Å². The van der Waals surface area contributed by atoms with Crippen molar-refractivity contribution in [3.8, 4) is 5.69 Å². The standard InChI is InChI=1S/C23H24FN3O3/c1-23(2,3)15-11-16-19(20(24)18(15)13-9-10-13)21(28)27(14-7-5-4-6-8-14)17(26-16)12-30-22(25)29/h4-8,11,13H,9-10,12H2,1-3H3,(H2,25,29). The van der Waals surface area contributed by atoms with E-state index >= 15 is 4.39 Å². The van der Waals surface area contributed by atoms with Crippen LogP contribution < -0.4 is 11.3 Å². The van der Waals surface area contributed by atoms with E-state index in [4.69, 9.17) is 10.5 Å². The molecule has 0 radical (unpaired) electrons. The highest BCUT2D eigenvalue weighted by atomic mass is 19.1. The molecule has 0 unspecified atom stereocenters. The highest BCUT2D eigenvalue weighted by molar-refractivity contribution is 5.82. The van der Waals surface area contributed by atoms with Crippen LogP contribution in [0, 0.1) is 5.82 Å². The second-order valence-corrected chi connectivity index (χ2v) is 8.68. The van der Waals surface area contributed by atoms with Gasteiger partial charge in [-0.1, -0.05) is 39.0 Å². The maximum atomic E-state index is 15.8. The Hall–Kier alpha value is -3.22. The zero-order chi connectivity index (χ0) is 21.6. The fraction of sp³-hybridized carbons (Fsp3) is 0.348. The summed E-state index contributed by atoms with van der Waals surface area (Å²) in [7, 11) is 0. The van der Waals surface area contributed by atoms with E-state index in [1.54, 1.807) is 30.3 Å². The van der Waals surface area contributed by atoms with E-state index in [1.807, 2.05) is 26.8 Å². The third kappa shape index (κ3) is 3.56. The van der Waals surface area contributed by atoms with Gasteiger partial charge in [0, 0.05) is 0 Å². The molecule has 1 aromatic heterocycles. The Morgan fingerprint density at radius 2 is 1.93 bits per heavy atom. The molecule has 0 aliphatic heterocycles. The zero-order valence-corrected chi connectivity index (χ0v) is 17.2. The molecule has 1 aliphatic carbocycles. The molecule has 7 heteroatoms. The second kappa shape index (κ2) is 7.23. The molecule has 2 N–H and O–H groups in total. The monoisotopic (exact) mass is 409 g/mol. The highest BCUT2D eigenvalue weighted by Gasteiger charge is 2.35. The van der Waals surface area contributed by atoms with E-state index in [0.717, 1.165) is 18.4 Å². The van der Waals surface area contributed by atoms with Gasteiger partial charge in [0.2, 0.25) is 0 Å². The first-order chi connectivity index (χ1) is 14.2. The van der Waals surface area contributed by atoms with Crippen molar-refractivity contribution in [1.29, 1.82) is 0 Å². The molecule has 0 atom stereocenters. The molecule has 0 spiro atoms. The highest BCUT2D eigenvalue weighted by Crippen LogP contribution is 2.46. The second-order valence-electron chi connectivity index (χ2n) is 8.68. The van der Waals surface area contributed by atoms with Gasteiger partial charge in [0.05, 0.1) is 11.2 Å². The first-order valence-electron chi connectivity index (χ1n) is 9.94. The summed E-state index contributed by atoms with van der Waals surface area (Å²) in [6, 6.07) is 10.6. The molecule has 3 aromatic rings. The Labute approximate surface area is 173 Å². The number of hydrogen-bond acceptors (Lipinski definition) is 4. The number of ether oxygens (including phenoxy) is 1. The minimum absolute atomic E-state index is 0.0448. The van der Waals surface area contributed by atoms with Gasteiger partial charge in [0.1, 0.15) is 11.2 Å². The number of primary amides is 1. The average Bonchev–Trinajstić information content (AvgIpc) is 3.50. The molecule has 30 heavy (non-hydrogen) atoms. The number of carbonyl (C=O) groups is 1. The number of hydrogen-bond donors (Lipinski definition) is 1. The molecule has 1 heterocycles. The zero-order valence-electron chi connectivity index (χ0n) is 17.2. The van der Waals surface area contributed by atoms with E-state index in [9.17, 15) is 9.59 Å². The SMILES string of the molecule is CC(C)(C)c1cc2nc(COC(N)=O)n(-c3ccccc3)c(=O)c2c(F)c1C1CC1. The molecule has 2 aromatic carbocycles. The number of benzene rings is 2. The van der Waals surface area contributed by atoms with Gasteiger partial charge in [-0.25, -0.2) is 14.2 Å². The van der Waals surface area contributed by atoms with Gasteiger partial charge in [-0.3, -0.25) is 9.36 Å². The Balaban J connectivity index is 2.06. The molecule has 156 valence electrons. The van der Waals surface area contributed by atoms with Crippen molar-refractivity contribution >= 4 is 17.0 Å². The topological polar surface area (TPSA) is 87.2 Å². The van der Waals surface area contributed by atoms with Gasteiger partial charge in [-0.15, -0.1) is 0 Å². The van der Waals surface area contributed by atoms with E-state index in [2.05, 4.69) is 4.98 Å². The summed E-state index contributed by atoms with van der Waals surface area (Å²) in [5, 5.41) is -0.0448. The van der Waals surface area contributed by atoms with Crippen molar-refractivity contribution in [3.05, 3.63) is 69.5 Å². The lowest BCUT2D eigenvalue weighted by Gasteiger charge is -2.25. The summed E-state index contributed by atoms with van der Waals surface area (Å²) in [4.78, 5) is 29.2. The normalized spacial score (nSPS) is 14.1. The van der Waals surface area contributed by atoms with Gasteiger partial charge < -0.3 is 10.5 Å². The number of nitrogens with two attached hydrogens (primary N) is 1. The van der Waals surface area contributed by atoms with Crippen LogP contribution in [-0.2, 0) is 16.8 Å². The molecule has 0 saturated heterocycles. The van der Waals surface area contributed by atoms with Crippen LogP contribution in [0.3, 0.4) is 0 Å². The van der Waals surface area contributed by atoms with Crippen molar-refractivity contribution in [2.24, 2.45) is 5.73 Å². The Morgan fingerprint density at radius 1 is 1.27 bits per heavy atom. The average molecular weight is 409 g/mol. The third-order valence-corrected chi connectivity index (χ3v) is 5.36. The van der Waals surface area contributed by atoms with Gasteiger partial charge >= 0.3 is 6.09 Å². The van der Waals surface area contributed by atoms with Crippen molar-refractivity contribution < 1.29 is 13.9 Å². The summed E-state index contributed by atoms with van der Waals surface area (Å²) in [6.45, 7) is 5.75. The van der Waals surface area contributed by atoms with Crippen LogP contribution in [0.15, 0.2) is 41.2 Å². The molecule has 1 aliphatic rings. The van der Waals surface area contributed by atoms with E-state index in [-0.39, 0.29) is 34.7 Å². The largest absolute Gasteiger partial charge is 0.442 e. The van der Waals surface area contributed by atoms with Gasteiger partial charge in [-0.2, -0.15) is 0 Å². The van der Waals surface area contributed by atoms with Crippen LogP contribution >= 0.6 is 0 Å². The Kier molecular flexibility index (Phi) is 4.84. The minimum Gasteiger partial charge on any atom is -0.442 e. The molecule has 0 bridgehead atoms. The quantitative estimate of drug-likeness (QED) is 0.696. The lowest BCUT2D eigenvalue weighted by Crippen LogP contribution is -2.27. The number of carbonyl (C=O) groups excluding carboxylic acids is 1. The van der Waals surface area contributed by atoms with Crippen molar-refractivity contribution in [2.45, 2.75) is 51.6 Å². The number of nitrogens with zero attached hydrogens (tertiary/aromatic N) is 2. The van der Waals surface area contributed by atoms with Crippen molar-refractivity contribution in [2.75, 3.05) is 0 Å². The van der Waals surface area contributed by atoms with Crippen molar-refractivity contribution in [3.63, 3.8) is 0 Å².